The Morgan fingerprint density at radius 3 is 2.62 bits per heavy atom. The first kappa shape index (κ1) is 16.0. The molecule has 0 unspecified atom stereocenters. The molecule has 0 radical (unpaired) electrons. The Labute approximate surface area is 140 Å². The molecule has 1 N–H and O–H groups in total. The van der Waals surface area contributed by atoms with Crippen molar-refractivity contribution >= 4 is 11.8 Å². The smallest absolute Gasteiger partial charge is 0.308 e. The average Bonchev–Trinajstić information content (AvgIpc) is 2.54. The number of nitrogens with zero attached hydrogens (tertiary/aromatic N) is 1. The minimum absolute atomic E-state index is 0.0954. The highest BCUT2D eigenvalue weighted by atomic mass is 16.5. The van der Waals surface area contributed by atoms with Crippen molar-refractivity contribution in [3.63, 3.8) is 0 Å². The molecular weight excluding hydrogens is 304 g/mol. The van der Waals surface area contributed by atoms with Crippen LogP contribution in [0, 0.1) is 11.3 Å². The maximum atomic E-state index is 12.5. The Kier molecular flexibility index (Phi) is 4.22. The monoisotopic (exact) mass is 322 g/mol. The molecule has 1 aromatic carbocycles. The summed E-state index contributed by atoms with van der Waals surface area (Å²) in [6.07, 6.45) is 2.16. The van der Waals surface area contributed by atoms with Gasteiger partial charge in [0.1, 0.15) is 5.75 Å². The van der Waals surface area contributed by atoms with Gasteiger partial charge in [-0.1, -0.05) is 12.1 Å². The summed E-state index contributed by atoms with van der Waals surface area (Å²) in [4.78, 5) is 23.5. The standard InChI is InChI=1S/C19H18N2O3/c1-11-15(10-20)18(19-16(21-11)4-3-5-17(19)23)13-6-8-14(9-7-13)24-12(2)22/h6-9,18,21H,3-5H2,1-2H3/t18-/m0/s1. The maximum absolute atomic E-state index is 12.5. The normalized spacial score (nSPS) is 20.2. The van der Waals surface area contributed by atoms with Crippen molar-refractivity contribution in [3.05, 3.63) is 52.4 Å². The van der Waals surface area contributed by atoms with Crippen LogP contribution < -0.4 is 10.1 Å². The lowest BCUT2D eigenvalue weighted by molar-refractivity contribution is -0.131. The van der Waals surface area contributed by atoms with Crippen LogP contribution in [0.3, 0.4) is 0 Å². The number of esters is 1. The quantitative estimate of drug-likeness (QED) is 0.668. The number of allylic oxidation sites excluding steroid dienone is 4. The predicted octanol–water partition coefficient (Wildman–Crippen LogP) is 3.10. The van der Waals surface area contributed by atoms with E-state index in [1.165, 1.54) is 6.92 Å². The molecule has 0 spiro atoms. The summed E-state index contributed by atoms with van der Waals surface area (Å²) in [5, 5.41) is 12.8. The first-order valence-electron chi connectivity index (χ1n) is 7.93. The number of carbonyl (C=O) groups is 2. The van der Waals surface area contributed by atoms with Crippen LogP contribution in [0.1, 0.15) is 44.6 Å². The number of carbonyl (C=O) groups excluding carboxylic acids is 2. The summed E-state index contributed by atoms with van der Waals surface area (Å²) < 4.78 is 5.05. The number of Topliss-reactive ketones (excluding diaryl/α,β-unsaturated/α-hetero) is 1. The molecule has 24 heavy (non-hydrogen) atoms. The van der Waals surface area contributed by atoms with E-state index < -0.39 is 0 Å². The molecule has 0 saturated carbocycles. The molecule has 1 aromatic rings. The van der Waals surface area contributed by atoms with Crippen molar-refractivity contribution in [1.29, 1.82) is 5.26 Å². The van der Waals surface area contributed by atoms with Gasteiger partial charge in [0.15, 0.2) is 5.78 Å². The van der Waals surface area contributed by atoms with Crippen molar-refractivity contribution in [2.24, 2.45) is 0 Å². The van der Waals surface area contributed by atoms with E-state index in [1.54, 1.807) is 12.1 Å². The van der Waals surface area contributed by atoms with E-state index in [4.69, 9.17) is 4.74 Å². The van der Waals surface area contributed by atoms with Crippen molar-refractivity contribution < 1.29 is 14.3 Å². The van der Waals surface area contributed by atoms with Gasteiger partial charge in [-0.2, -0.15) is 5.26 Å². The van der Waals surface area contributed by atoms with E-state index >= 15 is 0 Å². The zero-order valence-electron chi connectivity index (χ0n) is 13.7. The van der Waals surface area contributed by atoms with Crippen LogP contribution >= 0.6 is 0 Å². The summed E-state index contributed by atoms with van der Waals surface area (Å²) in [7, 11) is 0. The van der Waals surface area contributed by atoms with E-state index in [0.717, 1.165) is 29.8 Å². The minimum Gasteiger partial charge on any atom is -0.427 e. The number of benzene rings is 1. The number of dihydropyridines is 1. The molecule has 5 heteroatoms. The van der Waals surface area contributed by atoms with Gasteiger partial charge in [-0.15, -0.1) is 0 Å². The predicted molar refractivity (Wildman–Crippen MR) is 87.8 cm³/mol. The highest BCUT2D eigenvalue weighted by Crippen LogP contribution is 2.41. The van der Waals surface area contributed by atoms with Gasteiger partial charge in [0.25, 0.3) is 0 Å². The molecule has 3 rings (SSSR count). The zero-order valence-corrected chi connectivity index (χ0v) is 13.7. The van der Waals surface area contributed by atoms with Gasteiger partial charge >= 0.3 is 5.97 Å². The maximum Gasteiger partial charge on any atom is 0.308 e. The summed E-state index contributed by atoms with van der Waals surface area (Å²) in [6, 6.07) is 9.25. The number of ketones is 1. The Morgan fingerprint density at radius 1 is 1.29 bits per heavy atom. The molecule has 0 aromatic heterocycles. The van der Waals surface area contributed by atoms with Gasteiger partial charge in [0.05, 0.1) is 17.6 Å². The molecule has 1 aliphatic heterocycles. The third kappa shape index (κ3) is 2.83. The molecule has 0 fully saturated rings. The topological polar surface area (TPSA) is 79.2 Å². The third-order valence-corrected chi connectivity index (χ3v) is 4.37. The fourth-order valence-corrected chi connectivity index (χ4v) is 3.36. The summed E-state index contributed by atoms with van der Waals surface area (Å²) in [6.45, 7) is 3.21. The van der Waals surface area contributed by atoms with Gasteiger partial charge in [-0.3, -0.25) is 9.59 Å². The second kappa shape index (κ2) is 6.32. The number of hydrogen-bond donors (Lipinski definition) is 1. The second-order valence-corrected chi connectivity index (χ2v) is 6.04. The van der Waals surface area contributed by atoms with Crippen molar-refractivity contribution in [2.45, 2.75) is 39.0 Å². The van der Waals surface area contributed by atoms with Gasteiger partial charge in [0, 0.05) is 30.3 Å². The van der Waals surface area contributed by atoms with Crippen LogP contribution in [0.5, 0.6) is 5.75 Å². The van der Waals surface area contributed by atoms with Crippen LogP contribution in [0.2, 0.25) is 0 Å². The summed E-state index contributed by atoms with van der Waals surface area (Å²) in [5.74, 6) is -0.197. The third-order valence-electron chi connectivity index (χ3n) is 4.37. The molecule has 0 saturated heterocycles. The van der Waals surface area contributed by atoms with E-state index in [-0.39, 0.29) is 17.7 Å². The van der Waals surface area contributed by atoms with Gasteiger partial charge in [0.2, 0.25) is 0 Å². The highest BCUT2D eigenvalue weighted by molar-refractivity contribution is 5.99. The molecular formula is C19H18N2O3. The largest absolute Gasteiger partial charge is 0.427 e. The van der Waals surface area contributed by atoms with E-state index in [2.05, 4.69) is 11.4 Å². The van der Waals surface area contributed by atoms with E-state index in [9.17, 15) is 14.9 Å². The fraction of sp³-hybridized carbons (Fsp3) is 0.316. The number of nitrogens with one attached hydrogen (secondary N) is 1. The molecule has 1 atom stereocenters. The molecule has 5 nitrogen and oxygen atoms in total. The van der Waals surface area contributed by atoms with Crippen molar-refractivity contribution in [3.8, 4) is 11.8 Å². The Balaban J connectivity index is 2.05. The molecule has 2 aliphatic rings. The first-order chi connectivity index (χ1) is 11.5. The lowest BCUT2D eigenvalue weighted by atomic mass is 9.76. The van der Waals surface area contributed by atoms with Gasteiger partial charge < -0.3 is 10.1 Å². The molecule has 122 valence electrons. The molecule has 0 bridgehead atoms. The first-order valence-corrected chi connectivity index (χ1v) is 7.93. The molecule has 1 aliphatic carbocycles. The Bertz CT molecular complexity index is 810. The Hall–Kier alpha value is -2.87. The van der Waals surface area contributed by atoms with Crippen LogP contribution in [0.4, 0.5) is 0 Å². The SMILES string of the molecule is CC(=O)Oc1ccc([C@H]2C(C#N)=C(C)NC3=C2C(=O)CCC3)cc1. The van der Waals surface area contributed by atoms with Crippen molar-refractivity contribution in [2.75, 3.05) is 0 Å². The van der Waals surface area contributed by atoms with Crippen LogP contribution in [0.25, 0.3) is 0 Å². The number of nitriles is 1. The van der Waals surface area contributed by atoms with Crippen molar-refractivity contribution in [1.82, 2.24) is 5.32 Å². The zero-order chi connectivity index (χ0) is 17.3. The number of ether oxygens (including phenoxy) is 1. The minimum atomic E-state index is -0.384. The lowest BCUT2D eigenvalue weighted by Gasteiger charge is -2.32. The summed E-state index contributed by atoms with van der Waals surface area (Å²) in [5.41, 5.74) is 3.83. The highest BCUT2D eigenvalue weighted by Gasteiger charge is 2.35. The molecule has 1 heterocycles. The number of hydrogen-bond acceptors (Lipinski definition) is 5. The Morgan fingerprint density at radius 2 is 2.00 bits per heavy atom. The number of rotatable bonds is 2. The summed E-state index contributed by atoms with van der Waals surface area (Å²) >= 11 is 0. The van der Waals surface area contributed by atoms with Gasteiger partial charge in [-0.25, -0.2) is 0 Å². The van der Waals surface area contributed by atoms with Gasteiger partial charge in [-0.05, 0) is 37.5 Å². The molecule has 0 amide bonds. The lowest BCUT2D eigenvalue weighted by Crippen LogP contribution is -2.31. The van der Waals surface area contributed by atoms with E-state index in [0.29, 0.717) is 23.3 Å². The van der Waals surface area contributed by atoms with Crippen LogP contribution in [0.15, 0.2) is 46.8 Å². The average molecular weight is 322 g/mol. The second-order valence-electron chi connectivity index (χ2n) is 6.04. The van der Waals surface area contributed by atoms with E-state index in [1.807, 2.05) is 19.1 Å². The van der Waals surface area contributed by atoms with Crippen LogP contribution in [-0.4, -0.2) is 11.8 Å². The fourth-order valence-electron chi connectivity index (χ4n) is 3.36. The van der Waals surface area contributed by atoms with Crippen LogP contribution in [-0.2, 0) is 9.59 Å².